The number of aliphatic hydroxyl groups excluding tert-OH is 1. The summed E-state index contributed by atoms with van der Waals surface area (Å²) in [5.41, 5.74) is 2.03. The van der Waals surface area contributed by atoms with E-state index in [9.17, 15) is 14.7 Å². The van der Waals surface area contributed by atoms with Gasteiger partial charge in [0.05, 0.1) is 32.9 Å². The van der Waals surface area contributed by atoms with E-state index in [0.717, 1.165) is 5.56 Å². The molecule has 1 aliphatic heterocycles. The van der Waals surface area contributed by atoms with Crippen molar-refractivity contribution in [1.29, 1.82) is 0 Å². The van der Waals surface area contributed by atoms with Crippen LogP contribution in [0.15, 0.2) is 54.2 Å². The van der Waals surface area contributed by atoms with E-state index in [0.29, 0.717) is 22.6 Å². The molecule has 0 saturated carbocycles. The lowest BCUT2D eigenvalue weighted by Crippen LogP contribution is -2.34. The minimum absolute atomic E-state index is 0.102. The van der Waals surface area contributed by atoms with Crippen molar-refractivity contribution in [2.24, 2.45) is 0 Å². The van der Waals surface area contributed by atoms with Gasteiger partial charge in [0.1, 0.15) is 5.70 Å². The van der Waals surface area contributed by atoms with E-state index in [1.165, 1.54) is 12.0 Å². The quantitative estimate of drug-likeness (QED) is 0.687. The minimum Gasteiger partial charge on any atom is -0.493 e. The number of carbonyl (C=O) groups is 2. The molecule has 1 N–H and O–H groups in total. The number of rotatable bonds is 8. The molecule has 0 atom stereocenters. The summed E-state index contributed by atoms with van der Waals surface area (Å²) < 4.78 is 10.6. The lowest BCUT2D eigenvalue weighted by atomic mass is 10.0. The number of benzene rings is 2. The van der Waals surface area contributed by atoms with E-state index in [4.69, 9.17) is 9.47 Å². The van der Waals surface area contributed by atoms with Gasteiger partial charge in [0.15, 0.2) is 11.5 Å². The van der Waals surface area contributed by atoms with Crippen molar-refractivity contribution in [3.8, 4) is 11.5 Å². The zero-order chi connectivity index (χ0) is 21.0. The summed E-state index contributed by atoms with van der Waals surface area (Å²) in [6.07, 6.45) is 0. The van der Waals surface area contributed by atoms with Crippen molar-refractivity contribution in [1.82, 2.24) is 9.80 Å². The largest absolute Gasteiger partial charge is 0.493 e. The van der Waals surface area contributed by atoms with Crippen LogP contribution in [0.2, 0.25) is 0 Å². The van der Waals surface area contributed by atoms with Crippen LogP contribution in [0.25, 0.3) is 5.57 Å². The number of likely N-dealkylation sites (N-methyl/N-ethyl adjacent to an activating group) is 1. The van der Waals surface area contributed by atoms with Gasteiger partial charge in [-0.2, -0.15) is 0 Å². The molecule has 0 bridgehead atoms. The Bertz CT molecular complexity index is 939. The highest BCUT2D eigenvalue weighted by molar-refractivity contribution is 6.35. The van der Waals surface area contributed by atoms with Crippen LogP contribution >= 0.6 is 0 Å². The van der Waals surface area contributed by atoms with Crippen molar-refractivity contribution in [2.45, 2.75) is 6.54 Å². The fourth-order valence-corrected chi connectivity index (χ4v) is 3.35. The van der Waals surface area contributed by atoms with Gasteiger partial charge < -0.3 is 19.5 Å². The molecule has 0 spiro atoms. The molecule has 29 heavy (non-hydrogen) atoms. The topological polar surface area (TPSA) is 79.3 Å². The molecule has 0 aromatic heterocycles. The minimum atomic E-state index is -0.389. The summed E-state index contributed by atoms with van der Waals surface area (Å²) in [5.74, 6) is 0.343. The second-order valence-electron chi connectivity index (χ2n) is 6.62. The fourth-order valence-electron chi connectivity index (χ4n) is 3.35. The number of aliphatic hydroxyl groups is 1. The molecule has 7 heteroatoms. The van der Waals surface area contributed by atoms with Gasteiger partial charge in [0.2, 0.25) is 0 Å². The number of hydrogen-bond acceptors (Lipinski definition) is 6. The molecule has 0 fully saturated rings. The SMILES string of the molecule is COc1ccc(CN2C(=O)C(c3ccccc3)=C(N(C)CCO)C2=O)cc1OC. The lowest BCUT2D eigenvalue weighted by Gasteiger charge is -2.20. The Morgan fingerprint density at radius 1 is 0.966 bits per heavy atom. The van der Waals surface area contributed by atoms with Crippen LogP contribution in [0.4, 0.5) is 0 Å². The monoisotopic (exact) mass is 396 g/mol. The van der Waals surface area contributed by atoms with E-state index in [1.807, 2.05) is 18.2 Å². The maximum Gasteiger partial charge on any atom is 0.278 e. The van der Waals surface area contributed by atoms with Crippen molar-refractivity contribution >= 4 is 17.4 Å². The highest BCUT2D eigenvalue weighted by Gasteiger charge is 2.40. The first kappa shape index (κ1) is 20.4. The second kappa shape index (κ2) is 8.79. The van der Waals surface area contributed by atoms with E-state index in [1.54, 1.807) is 49.4 Å². The van der Waals surface area contributed by atoms with Crippen molar-refractivity contribution < 1.29 is 24.2 Å². The first-order valence-corrected chi connectivity index (χ1v) is 9.20. The maximum atomic E-state index is 13.2. The van der Waals surface area contributed by atoms with Gasteiger partial charge in [-0.05, 0) is 23.3 Å². The molecule has 152 valence electrons. The Morgan fingerprint density at radius 2 is 1.66 bits per heavy atom. The first-order chi connectivity index (χ1) is 14.0. The number of carbonyl (C=O) groups excluding carboxylic acids is 2. The molecule has 0 aliphatic carbocycles. The Hall–Kier alpha value is -3.32. The Morgan fingerprint density at radius 3 is 2.28 bits per heavy atom. The molecule has 1 heterocycles. The number of hydrogen-bond donors (Lipinski definition) is 1. The van der Waals surface area contributed by atoms with Gasteiger partial charge in [0.25, 0.3) is 11.8 Å². The number of imide groups is 1. The summed E-state index contributed by atoms with van der Waals surface area (Å²) >= 11 is 0. The normalized spacial score (nSPS) is 13.9. The Kier molecular flexibility index (Phi) is 6.19. The zero-order valence-electron chi connectivity index (χ0n) is 16.7. The van der Waals surface area contributed by atoms with Gasteiger partial charge >= 0.3 is 0 Å². The van der Waals surface area contributed by atoms with Crippen LogP contribution in [0.5, 0.6) is 11.5 Å². The highest BCUT2D eigenvalue weighted by Crippen LogP contribution is 2.33. The summed E-state index contributed by atoms with van der Waals surface area (Å²) in [7, 11) is 4.77. The molecular formula is C22H24N2O5. The standard InChI is InChI=1S/C22H24N2O5/c1-23(11-12-25)20-19(16-7-5-4-6-8-16)21(26)24(22(20)27)14-15-9-10-17(28-2)18(13-15)29-3/h4-10,13,25H,11-12,14H2,1-3H3. The van der Waals surface area contributed by atoms with Gasteiger partial charge in [0, 0.05) is 13.6 Å². The Labute approximate surface area is 169 Å². The summed E-state index contributed by atoms with van der Waals surface area (Å²) in [4.78, 5) is 29.2. The molecule has 2 aromatic rings. The predicted molar refractivity (Wildman–Crippen MR) is 108 cm³/mol. The summed E-state index contributed by atoms with van der Waals surface area (Å²) in [5, 5.41) is 9.31. The predicted octanol–water partition coefficient (Wildman–Crippen LogP) is 1.91. The maximum absolute atomic E-state index is 13.2. The molecular weight excluding hydrogens is 372 g/mol. The number of amides is 2. The molecule has 0 radical (unpaired) electrons. The summed E-state index contributed by atoms with van der Waals surface area (Å²) in [6.45, 7) is 0.221. The first-order valence-electron chi connectivity index (χ1n) is 9.20. The number of methoxy groups -OCH3 is 2. The van der Waals surface area contributed by atoms with Crippen LogP contribution in [-0.2, 0) is 16.1 Å². The van der Waals surface area contributed by atoms with E-state index in [2.05, 4.69) is 0 Å². The smallest absolute Gasteiger partial charge is 0.278 e. The molecule has 2 aromatic carbocycles. The van der Waals surface area contributed by atoms with Crippen LogP contribution < -0.4 is 9.47 Å². The van der Waals surface area contributed by atoms with E-state index in [-0.39, 0.29) is 37.2 Å². The van der Waals surface area contributed by atoms with Crippen LogP contribution in [0.3, 0.4) is 0 Å². The third kappa shape index (κ3) is 3.95. The van der Waals surface area contributed by atoms with Gasteiger partial charge in [-0.1, -0.05) is 36.4 Å². The van der Waals surface area contributed by atoms with Crippen molar-refractivity contribution in [3.63, 3.8) is 0 Å². The molecule has 1 aliphatic rings. The van der Waals surface area contributed by atoms with Gasteiger partial charge in [-0.3, -0.25) is 14.5 Å². The van der Waals surface area contributed by atoms with Gasteiger partial charge in [-0.25, -0.2) is 0 Å². The molecule has 2 amide bonds. The van der Waals surface area contributed by atoms with Crippen molar-refractivity contribution in [3.05, 3.63) is 65.4 Å². The molecule has 0 unspecified atom stereocenters. The van der Waals surface area contributed by atoms with Crippen molar-refractivity contribution in [2.75, 3.05) is 34.4 Å². The molecule has 3 rings (SSSR count). The third-order valence-corrected chi connectivity index (χ3v) is 4.81. The number of nitrogens with zero attached hydrogens (tertiary/aromatic N) is 2. The van der Waals surface area contributed by atoms with Crippen LogP contribution in [-0.4, -0.2) is 61.1 Å². The zero-order valence-corrected chi connectivity index (χ0v) is 16.7. The van der Waals surface area contributed by atoms with E-state index < -0.39 is 0 Å². The lowest BCUT2D eigenvalue weighted by molar-refractivity contribution is -0.138. The average molecular weight is 396 g/mol. The van der Waals surface area contributed by atoms with E-state index >= 15 is 0 Å². The third-order valence-electron chi connectivity index (χ3n) is 4.81. The second-order valence-corrected chi connectivity index (χ2v) is 6.62. The fraction of sp³-hybridized carbons (Fsp3) is 0.273. The summed E-state index contributed by atoms with van der Waals surface area (Å²) in [6, 6.07) is 14.4. The molecule has 0 saturated heterocycles. The Balaban J connectivity index is 1.97. The van der Waals surface area contributed by atoms with Gasteiger partial charge in [-0.15, -0.1) is 0 Å². The highest BCUT2D eigenvalue weighted by atomic mass is 16.5. The van der Waals surface area contributed by atoms with Crippen LogP contribution in [0, 0.1) is 0 Å². The average Bonchev–Trinajstić information content (AvgIpc) is 2.99. The molecule has 7 nitrogen and oxygen atoms in total. The number of ether oxygens (including phenoxy) is 2. The van der Waals surface area contributed by atoms with Crippen LogP contribution in [0.1, 0.15) is 11.1 Å².